The van der Waals surface area contributed by atoms with Gasteiger partial charge in [0.2, 0.25) is 0 Å². The smallest absolute Gasteiger partial charge is 0.295 e. The highest BCUT2D eigenvalue weighted by Crippen LogP contribution is 2.42. The number of nitrogens with zero attached hydrogens (tertiary/aromatic N) is 2. The van der Waals surface area contributed by atoms with Gasteiger partial charge in [0.1, 0.15) is 23.4 Å². The normalized spacial score (nSPS) is 20.1. The summed E-state index contributed by atoms with van der Waals surface area (Å²) in [6.45, 7) is 4.83. The predicted molar refractivity (Wildman–Crippen MR) is 139 cm³/mol. The largest absolute Gasteiger partial charge is 0.507 e. The van der Waals surface area contributed by atoms with Gasteiger partial charge in [0.25, 0.3) is 11.7 Å². The van der Waals surface area contributed by atoms with Gasteiger partial charge >= 0.3 is 0 Å². The maximum absolute atomic E-state index is 13.4. The number of unbranched alkanes of at least 4 members (excludes halogenated alkanes) is 1. The van der Waals surface area contributed by atoms with Gasteiger partial charge < -0.3 is 19.5 Å². The van der Waals surface area contributed by atoms with Crippen molar-refractivity contribution in [3.8, 4) is 11.5 Å². The number of carbonyl (C=O) groups is 2. The van der Waals surface area contributed by atoms with E-state index < -0.39 is 17.7 Å². The van der Waals surface area contributed by atoms with Crippen molar-refractivity contribution in [2.75, 3.05) is 6.61 Å². The third kappa shape index (κ3) is 4.94. The molecule has 0 aliphatic carbocycles. The Morgan fingerprint density at radius 1 is 1.16 bits per heavy atom. The Morgan fingerprint density at radius 3 is 2.81 bits per heavy atom. The summed E-state index contributed by atoms with van der Waals surface area (Å²) in [6.07, 6.45) is 6.02. The summed E-state index contributed by atoms with van der Waals surface area (Å²) in [5.74, 6) is -0.146. The fourth-order valence-electron chi connectivity index (χ4n) is 4.91. The average Bonchev–Trinajstić information content (AvgIpc) is 3.40. The van der Waals surface area contributed by atoms with Crippen molar-refractivity contribution in [1.29, 1.82) is 0 Å². The molecule has 1 amide bonds. The fourth-order valence-corrected chi connectivity index (χ4v) is 4.91. The number of benzene rings is 2. The van der Waals surface area contributed by atoms with Gasteiger partial charge in [0.15, 0.2) is 0 Å². The van der Waals surface area contributed by atoms with Crippen LogP contribution < -0.4 is 9.47 Å². The Morgan fingerprint density at radius 2 is 2.03 bits per heavy atom. The molecular weight excluding hydrogens is 468 g/mol. The lowest BCUT2D eigenvalue weighted by atomic mass is 9.94. The van der Waals surface area contributed by atoms with E-state index in [1.165, 1.54) is 4.90 Å². The zero-order valence-electron chi connectivity index (χ0n) is 21.0. The molecule has 37 heavy (non-hydrogen) atoms. The topological polar surface area (TPSA) is 89.0 Å². The van der Waals surface area contributed by atoms with Crippen LogP contribution in [-0.2, 0) is 22.6 Å². The first-order valence-corrected chi connectivity index (χ1v) is 12.7. The molecule has 0 bridgehead atoms. The molecule has 2 aliphatic rings. The summed E-state index contributed by atoms with van der Waals surface area (Å²) in [4.78, 5) is 32.4. The summed E-state index contributed by atoms with van der Waals surface area (Å²) in [6, 6.07) is 15.6. The van der Waals surface area contributed by atoms with E-state index in [2.05, 4.69) is 11.9 Å². The van der Waals surface area contributed by atoms with E-state index >= 15 is 0 Å². The van der Waals surface area contributed by atoms with E-state index in [-0.39, 0.29) is 24.0 Å². The van der Waals surface area contributed by atoms with E-state index in [0.29, 0.717) is 29.9 Å². The Labute approximate surface area is 216 Å². The molecule has 7 nitrogen and oxygen atoms in total. The maximum Gasteiger partial charge on any atom is 0.295 e. The second kappa shape index (κ2) is 10.5. The first-order valence-electron chi connectivity index (χ1n) is 12.7. The lowest BCUT2D eigenvalue weighted by Gasteiger charge is -2.25. The summed E-state index contributed by atoms with van der Waals surface area (Å²) in [7, 11) is 0. The van der Waals surface area contributed by atoms with Crippen LogP contribution in [0.3, 0.4) is 0 Å². The molecule has 2 aliphatic heterocycles. The van der Waals surface area contributed by atoms with Gasteiger partial charge in [-0.3, -0.25) is 14.6 Å². The van der Waals surface area contributed by atoms with Gasteiger partial charge in [-0.1, -0.05) is 31.5 Å². The first kappa shape index (κ1) is 24.6. The molecular formula is C30H30N2O5. The van der Waals surface area contributed by atoms with Crippen LogP contribution in [0.15, 0.2) is 72.6 Å². The van der Waals surface area contributed by atoms with Crippen LogP contribution in [0.5, 0.6) is 11.5 Å². The minimum atomic E-state index is -0.779. The number of aliphatic hydroxyl groups excluding tert-OH is 1. The Balaban J connectivity index is 1.59. The van der Waals surface area contributed by atoms with Crippen LogP contribution in [0.1, 0.15) is 55.0 Å². The summed E-state index contributed by atoms with van der Waals surface area (Å²) >= 11 is 0. The van der Waals surface area contributed by atoms with Crippen molar-refractivity contribution in [1.82, 2.24) is 9.88 Å². The third-order valence-electron chi connectivity index (χ3n) is 6.73. The Bertz CT molecular complexity index is 1350. The Kier molecular flexibility index (Phi) is 6.95. The number of hydrogen-bond donors (Lipinski definition) is 1. The molecule has 5 rings (SSSR count). The number of amides is 1. The number of rotatable bonds is 8. The average molecular weight is 499 g/mol. The van der Waals surface area contributed by atoms with Crippen LogP contribution >= 0.6 is 0 Å². The molecule has 0 unspecified atom stereocenters. The number of carbonyl (C=O) groups excluding carboxylic acids is 2. The molecule has 3 aromatic rings. The zero-order chi connectivity index (χ0) is 25.9. The van der Waals surface area contributed by atoms with E-state index in [9.17, 15) is 14.7 Å². The monoisotopic (exact) mass is 498 g/mol. The summed E-state index contributed by atoms with van der Waals surface area (Å²) < 4.78 is 11.7. The number of likely N-dealkylation sites (tertiary alicyclic amines) is 1. The van der Waals surface area contributed by atoms with E-state index in [0.717, 1.165) is 29.7 Å². The van der Waals surface area contributed by atoms with Gasteiger partial charge in [-0.05, 0) is 66.4 Å². The predicted octanol–water partition coefficient (Wildman–Crippen LogP) is 5.21. The van der Waals surface area contributed by atoms with Crippen LogP contribution in [0.25, 0.3) is 5.76 Å². The highest BCUT2D eigenvalue weighted by atomic mass is 16.5. The molecule has 1 N–H and O–H groups in total. The van der Waals surface area contributed by atoms with E-state index in [1.54, 1.807) is 30.6 Å². The van der Waals surface area contributed by atoms with Gasteiger partial charge in [-0.15, -0.1) is 0 Å². The number of Topliss-reactive ketones (excluding diaryl/α,β-unsaturated/α-hetero) is 1. The zero-order valence-corrected chi connectivity index (χ0v) is 21.0. The van der Waals surface area contributed by atoms with Crippen molar-refractivity contribution < 1.29 is 24.2 Å². The van der Waals surface area contributed by atoms with Crippen molar-refractivity contribution in [3.05, 3.63) is 94.8 Å². The molecule has 2 aromatic carbocycles. The highest BCUT2D eigenvalue weighted by Gasteiger charge is 2.46. The molecule has 1 saturated heterocycles. The summed E-state index contributed by atoms with van der Waals surface area (Å²) in [5, 5.41) is 11.5. The van der Waals surface area contributed by atoms with Crippen molar-refractivity contribution in [2.24, 2.45) is 0 Å². The first-order chi connectivity index (χ1) is 18.0. The maximum atomic E-state index is 13.4. The van der Waals surface area contributed by atoms with Gasteiger partial charge in [0.05, 0.1) is 18.2 Å². The van der Waals surface area contributed by atoms with Crippen LogP contribution in [0.2, 0.25) is 0 Å². The second-order valence-electron chi connectivity index (χ2n) is 9.52. The van der Waals surface area contributed by atoms with Crippen molar-refractivity contribution in [3.63, 3.8) is 0 Å². The number of aliphatic hydroxyl groups is 1. The van der Waals surface area contributed by atoms with Crippen molar-refractivity contribution >= 4 is 17.4 Å². The lowest BCUT2D eigenvalue weighted by Crippen LogP contribution is -2.29. The number of ketones is 1. The standard InChI is InChI=1S/C30H30N2O5/c1-3-4-13-36-24-9-5-8-21(16-24)27-26(28(33)22-10-11-25-23(15-22)14-19(2)37-25)29(34)30(35)32(27)18-20-7-6-12-31-17-20/h5-12,15-17,19,27,33H,3-4,13-14,18H2,1-2H3/b28-26+/t19-,27+/m0/s1. The van der Waals surface area contributed by atoms with Crippen LogP contribution in [-0.4, -0.2) is 39.4 Å². The minimum absolute atomic E-state index is 0.0490. The molecule has 1 aromatic heterocycles. The van der Waals surface area contributed by atoms with Gasteiger partial charge in [0, 0.05) is 30.9 Å². The second-order valence-corrected chi connectivity index (χ2v) is 9.52. The SMILES string of the molecule is CCCCOc1cccc([C@@H]2/C(=C(\O)c3ccc4c(c3)C[C@H](C)O4)C(=O)C(=O)N2Cc2cccnc2)c1. The molecule has 0 spiro atoms. The van der Waals surface area contributed by atoms with Gasteiger partial charge in [-0.2, -0.15) is 0 Å². The Hall–Kier alpha value is -4.13. The number of ether oxygens (including phenoxy) is 2. The van der Waals surface area contributed by atoms with Crippen molar-refractivity contribution in [2.45, 2.75) is 51.8 Å². The molecule has 190 valence electrons. The highest BCUT2D eigenvalue weighted by molar-refractivity contribution is 6.46. The lowest BCUT2D eigenvalue weighted by molar-refractivity contribution is -0.140. The van der Waals surface area contributed by atoms with E-state index in [4.69, 9.17) is 9.47 Å². The number of pyridine rings is 1. The summed E-state index contributed by atoms with van der Waals surface area (Å²) in [5.41, 5.74) is 2.98. The third-order valence-corrected chi connectivity index (χ3v) is 6.73. The molecule has 1 fully saturated rings. The molecule has 2 atom stereocenters. The van der Waals surface area contributed by atoms with Crippen LogP contribution in [0, 0.1) is 0 Å². The van der Waals surface area contributed by atoms with Gasteiger partial charge in [-0.25, -0.2) is 0 Å². The number of hydrogen-bond acceptors (Lipinski definition) is 6. The van der Waals surface area contributed by atoms with E-state index in [1.807, 2.05) is 43.3 Å². The molecule has 3 heterocycles. The van der Waals surface area contributed by atoms with Crippen LogP contribution in [0.4, 0.5) is 0 Å². The molecule has 7 heteroatoms. The molecule has 0 saturated carbocycles. The molecule has 0 radical (unpaired) electrons. The quantitative estimate of drug-likeness (QED) is 0.199. The fraction of sp³-hybridized carbons (Fsp3) is 0.300. The number of aromatic nitrogens is 1. The number of fused-ring (bicyclic) bond motifs is 1. The minimum Gasteiger partial charge on any atom is -0.507 e.